The lowest BCUT2D eigenvalue weighted by Crippen LogP contribution is -2.27. The molecule has 0 aliphatic rings. The zero-order valence-electron chi connectivity index (χ0n) is 12.7. The van der Waals surface area contributed by atoms with E-state index in [4.69, 9.17) is 16.3 Å². The molecular weight excluding hydrogens is 348 g/mol. The van der Waals surface area contributed by atoms with Gasteiger partial charge in [0.25, 0.3) is 5.91 Å². The second-order valence-corrected chi connectivity index (χ2v) is 6.60. The minimum Gasteiger partial charge on any atom is -0.486 e. The van der Waals surface area contributed by atoms with Gasteiger partial charge in [-0.05, 0) is 36.4 Å². The molecule has 2 amide bonds. The van der Waals surface area contributed by atoms with E-state index in [2.05, 4.69) is 10.3 Å². The van der Waals surface area contributed by atoms with Crippen molar-refractivity contribution < 1.29 is 14.3 Å². The molecule has 3 rings (SSSR count). The quantitative estimate of drug-likeness (QED) is 0.768. The van der Waals surface area contributed by atoms with E-state index in [1.54, 1.807) is 24.3 Å². The van der Waals surface area contributed by atoms with Gasteiger partial charge in [-0.1, -0.05) is 17.7 Å². The molecule has 0 aliphatic carbocycles. The topological polar surface area (TPSA) is 68.3 Å². The number of fused-ring (bicyclic) bond motifs is 1. The summed E-state index contributed by atoms with van der Waals surface area (Å²) < 4.78 is 6.73. The van der Waals surface area contributed by atoms with Crippen LogP contribution in [0.25, 0.3) is 10.2 Å². The first-order chi connectivity index (χ1) is 11.5. The number of carbonyl (C=O) groups is 2. The lowest BCUT2D eigenvalue weighted by atomic mass is 10.2. The van der Waals surface area contributed by atoms with Gasteiger partial charge in [0.1, 0.15) is 17.4 Å². The van der Waals surface area contributed by atoms with Gasteiger partial charge in [0.15, 0.2) is 0 Å². The highest BCUT2D eigenvalue weighted by atomic mass is 35.5. The van der Waals surface area contributed by atoms with Gasteiger partial charge < -0.3 is 4.74 Å². The van der Waals surface area contributed by atoms with Gasteiger partial charge in [0.2, 0.25) is 5.91 Å². The van der Waals surface area contributed by atoms with Crippen LogP contribution < -0.4 is 10.1 Å². The predicted molar refractivity (Wildman–Crippen MR) is 93.6 cm³/mol. The zero-order valence-corrected chi connectivity index (χ0v) is 14.3. The summed E-state index contributed by atoms with van der Waals surface area (Å²) in [4.78, 5) is 27.2. The summed E-state index contributed by atoms with van der Waals surface area (Å²) in [5.41, 5.74) is 1.19. The number of hydrogen-bond acceptors (Lipinski definition) is 5. The van der Waals surface area contributed by atoms with E-state index in [1.165, 1.54) is 18.3 Å². The van der Waals surface area contributed by atoms with Crippen LogP contribution in [-0.4, -0.2) is 16.8 Å². The molecule has 5 nitrogen and oxygen atoms in total. The number of hydrogen-bond donors (Lipinski definition) is 1. The van der Waals surface area contributed by atoms with Crippen LogP contribution in [0.4, 0.5) is 0 Å². The number of nitrogens with one attached hydrogen (secondary N) is 1. The number of ether oxygens (including phenoxy) is 1. The maximum Gasteiger partial charge on any atom is 0.257 e. The molecule has 0 atom stereocenters. The molecule has 0 fully saturated rings. The van der Waals surface area contributed by atoms with Gasteiger partial charge in [0.05, 0.1) is 10.2 Å². The molecular formula is C17H13ClN2O3S. The second kappa shape index (κ2) is 6.98. The molecule has 3 aromatic rings. The van der Waals surface area contributed by atoms with Crippen molar-refractivity contribution in [2.24, 2.45) is 0 Å². The van der Waals surface area contributed by atoms with E-state index < -0.39 is 11.8 Å². The largest absolute Gasteiger partial charge is 0.486 e. The first-order valence-corrected chi connectivity index (χ1v) is 8.30. The fourth-order valence-corrected chi connectivity index (χ4v) is 3.14. The van der Waals surface area contributed by atoms with Crippen molar-refractivity contribution in [3.8, 4) is 5.75 Å². The summed E-state index contributed by atoms with van der Waals surface area (Å²) in [6.07, 6.45) is 0. The number of thiazole rings is 1. The van der Waals surface area contributed by atoms with Crippen LogP contribution in [0.15, 0.2) is 42.5 Å². The van der Waals surface area contributed by atoms with Crippen molar-refractivity contribution in [1.82, 2.24) is 10.3 Å². The number of halogens is 1. The number of benzene rings is 2. The fraction of sp³-hybridized carbons (Fsp3) is 0.118. The molecule has 2 aromatic carbocycles. The van der Waals surface area contributed by atoms with Crippen molar-refractivity contribution in [1.29, 1.82) is 0 Å². The predicted octanol–water partition coefficient (Wildman–Crippen LogP) is 3.81. The van der Waals surface area contributed by atoms with Crippen LogP contribution in [0.3, 0.4) is 0 Å². The van der Waals surface area contributed by atoms with Crippen molar-refractivity contribution in [2.45, 2.75) is 13.5 Å². The van der Waals surface area contributed by atoms with Gasteiger partial charge in [-0.15, -0.1) is 11.3 Å². The van der Waals surface area contributed by atoms with Gasteiger partial charge in [-0.25, -0.2) is 4.98 Å². The Morgan fingerprint density at radius 1 is 1.25 bits per heavy atom. The summed E-state index contributed by atoms with van der Waals surface area (Å²) in [5.74, 6) is -0.328. The highest BCUT2D eigenvalue weighted by Crippen LogP contribution is 2.26. The minimum absolute atomic E-state index is 0.286. The third-order valence-corrected chi connectivity index (χ3v) is 4.39. The van der Waals surface area contributed by atoms with Crippen LogP contribution >= 0.6 is 22.9 Å². The first kappa shape index (κ1) is 16.4. The lowest BCUT2D eigenvalue weighted by Gasteiger charge is -2.06. The van der Waals surface area contributed by atoms with E-state index in [9.17, 15) is 9.59 Å². The molecule has 1 heterocycles. The summed E-state index contributed by atoms with van der Waals surface area (Å²) >= 11 is 7.48. The molecule has 0 saturated carbocycles. The van der Waals surface area contributed by atoms with Crippen molar-refractivity contribution in [3.63, 3.8) is 0 Å². The monoisotopic (exact) mass is 360 g/mol. The van der Waals surface area contributed by atoms with E-state index in [0.717, 1.165) is 15.2 Å². The maximum atomic E-state index is 11.8. The normalized spacial score (nSPS) is 10.6. The average molecular weight is 361 g/mol. The Labute approximate surface area is 147 Å². The second-order valence-electron chi connectivity index (χ2n) is 5.05. The van der Waals surface area contributed by atoms with Crippen LogP contribution in [-0.2, 0) is 11.4 Å². The Kier molecular flexibility index (Phi) is 4.78. The summed E-state index contributed by atoms with van der Waals surface area (Å²) in [6, 6.07) is 12.2. The van der Waals surface area contributed by atoms with Gasteiger partial charge in [-0.3, -0.25) is 14.9 Å². The maximum absolute atomic E-state index is 11.8. The van der Waals surface area contributed by atoms with E-state index in [0.29, 0.717) is 16.3 Å². The Balaban J connectivity index is 1.71. The molecule has 24 heavy (non-hydrogen) atoms. The van der Waals surface area contributed by atoms with Gasteiger partial charge >= 0.3 is 0 Å². The molecule has 122 valence electrons. The average Bonchev–Trinajstić information content (AvgIpc) is 2.94. The summed E-state index contributed by atoms with van der Waals surface area (Å²) in [7, 11) is 0. The highest BCUT2D eigenvalue weighted by Gasteiger charge is 2.09. The molecule has 0 aliphatic heterocycles. The number of nitrogens with zero attached hydrogens (tertiary/aromatic N) is 1. The third-order valence-electron chi connectivity index (χ3n) is 3.14. The van der Waals surface area contributed by atoms with Crippen LogP contribution in [0.1, 0.15) is 22.3 Å². The number of rotatable bonds is 4. The fourth-order valence-electron chi connectivity index (χ4n) is 2.11. The number of imide groups is 1. The van der Waals surface area contributed by atoms with Crippen molar-refractivity contribution in [3.05, 3.63) is 58.1 Å². The van der Waals surface area contributed by atoms with Crippen LogP contribution in [0.5, 0.6) is 5.75 Å². The first-order valence-electron chi connectivity index (χ1n) is 7.11. The lowest BCUT2D eigenvalue weighted by molar-refractivity contribution is -0.118. The smallest absolute Gasteiger partial charge is 0.257 e. The molecule has 1 N–H and O–H groups in total. The Bertz CT molecular complexity index is 923. The Morgan fingerprint density at radius 3 is 2.88 bits per heavy atom. The number of amides is 2. The van der Waals surface area contributed by atoms with Gasteiger partial charge in [-0.2, -0.15) is 0 Å². The highest BCUT2D eigenvalue weighted by molar-refractivity contribution is 7.18. The van der Waals surface area contributed by atoms with E-state index in [1.807, 2.05) is 18.2 Å². The number of carbonyl (C=O) groups excluding carboxylic acids is 2. The van der Waals surface area contributed by atoms with E-state index in [-0.39, 0.29) is 6.61 Å². The van der Waals surface area contributed by atoms with Crippen molar-refractivity contribution >= 4 is 45.0 Å². The molecule has 0 radical (unpaired) electrons. The minimum atomic E-state index is -0.456. The Hall–Kier alpha value is -2.44. The van der Waals surface area contributed by atoms with Crippen LogP contribution in [0, 0.1) is 0 Å². The van der Waals surface area contributed by atoms with Crippen LogP contribution in [0.2, 0.25) is 5.02 Å². The number of aromatic nitrogens is 1. The van der Waals surface area contributed by atoms with Crippen molar-refractivity contribution in [2.75, 3.05) is 0 Å². The molecule has 1 aromatic heterocycles. The molecule has 0 bridgehead atoms. The SMILES string of the molecule is CC(=O)NC(=O)c1cccc(OCc2nc3cc(Cl)ccc3s2)c1. The molecule has 7 heteroatoms. The molecule has 0 spiro atoms. The summed E-state index contributed by atoms with van der Waals surface area (Å²) in [6.45, 7) is 1.58. The van der Waals surface area contributed by atoms with E-state index >= 15 is 0 Å². The van der Waals surface area contributed by atoms with Gasteiger partial charge in [0, 0.05) is 17.5 Å². The zero-order chi connectivity index (χ0) is 17.1. The summed E-state index contributed by atoms with van der Waals surface area (Å²) in [5, 5.41) is 3.68. The third kappa shape index (κ3) is 3.90. The molecule has 0 saturated heterocycles. The standard InChI is InChI=1S/C17H13ClN2O3S/c1-10(21)19-17(22)11-3-2-4-13(7-11)23-9-16-20-14-8-12(18)5-6-15(14)24-16/h2-8H,9H2,1H3,(H,19,21,22). The molecule has 0 unspecified atom stereocenters. The Morgan fingerprint density at radius 2 is 2.08 bits per heavy atom.